The van der Waals surface area contributed by atoms with Crippen molar-refractivity contribution >= 4 is 39.1 Å². The molecule has 0 aliphatic rings. The van der Waals surface area contributed by atoms with Gasteiger partial charge in [-0.25, -0.2) is 0 Å². The number of hydrogen-bond acceptors (Lipinski definition) is 2. The summed E-state index contributed by atoms with van der Waals surface area (Å²) in [5.41, 5.74) is 2.22. The second-order valence-electron chi connectivity index (χ2n) is 6.26. The zero-order chi connectivity index (χ0) is 17.9. The first-order valence-corrected chi connectivity index (χ1v) is 8.46. The molecular weight excluding hydrogens is 368 g/mol. The Morgan fingerprint density at radius 1 is 0.875 bits per heavy atom. The Kier molecular flexibility index (Phi) is 5.44. The van der Waals surface area contributed by atoms with Crippen LogP contribution in [-0.4, -0.2) is 11.8 Å². The van der Waals surface area contributed by atoms with Crippen molar-refractivity contribution in [3.05, 3.63) is 58.1 Å². The van der Waals surface area contributed by atoms with Crippen LogP contribution in [0.15, 0.2) is 46.9 Å². The molecule has 0 spiro atoms. The van der Waals surface area contributed by atoms with Gasteiger partial charge in [0.2, 0.25) is 11.8 Å². The highest BCUT2D eigenvalue weighted by atomic mass is 79.9. The van der Waals surface area contributed by atoms with Crippen molar-refractivity contribution in [2.75, 3.05) is 10.6 Å². The summed E-state index contributed by atoms with van der Waals surface area (Å²) >= 11 is 3.38. The van der Waals surface area contributed by atoms with Gasteiger partial charge in [0.1, 0.15) is 5.41 Å². The van der Waals surface area contributed by atoms with E-state index in [0.717, 1.165) is 21.3 Å². The smallest absolute Gasteiger partial charge is 0.239 e. The Hall–Kier alpha value is -2.14. The number of carbonyl (C=O) groups is 2. The van der Waals surface area contributed by atoms with E-state index in [4.69, 9.17) is 0 Å². The number of para-hydroxylation sites is 1. The van der Waals surface area contributed by atoms with Crippen molar-refractivity contribution in [1.29, 1.82) is 0 Å². The molecule has 2 N–H and O–H groups in total. The third-order valence-corrected chi connectivity index (χ3v) is 4.80. The van der Waals surface area contributed by atoms with Gasteiger partial charge in [0.25, 0.3) is 0 Å². The number of amides is 2. The van der Waals surface area contributed by atoms with Gasteiger partial charge in [-0.05, 0) is 73.0 Å². The lowest BCUT2D eigenvalue weighted by atomic mass is 9.90. The van der Waals surface area contributed by atoms with Crippen molar-refractivity contribution in [3.63, 3.8) is 0 Å². The van der Waals surface area contributed by atoms with Gasteiger partial charge >= 0.3 is 0 Å². The molecule has 0 atom stereocenters. The fourth-order valence-corrected chi connectivity index (χ4v) is 2.49. The van der Waals surface area contributed by atoms with E-state index in [2.05, 4.69) is 26.6 Å². The Morgan fingerprint density at radius 2 is 1.42 bits per heavy atom. The third kappa shape index (κ3) is 3.85. The molecule has 0 saturated carbocycles. The first-order valence-electron chi connectivity index (χ1n) is 7.67. The van der Waals surface area contributed by atoms with Crippen LogP contribution in [-0.2, 0) is 9.59 Å². The molecule has 126 valence electrons. The molecule has 0 bridgehead atoms. The summed E-state index contributed by atoms with van der Waals surface area (Å²) in [7, 11) is 0. The number of benzene rings is 2. The van der Waals surface area contributed by atoms with Gasteiger partial charge in [-0.1, -0.05) is 24.3 Å². The lowest BCUT2D eigenvalue weighted by molar-refractivity contribution is -0.135. The quantitative estimate of drug-likeness (QED) is 0.747. The maximum Gasteiger partial charge on any atom is 0.239 e. The highest BCUT2D eigenvalue weighted by molar-refractivity contribution is 9.10. The molecule has 0 saturated heterocycles. The van der Waals surface area contributed by atoms with Crippen LogP contribution in [0.25, 0.3) is 0 Å². The summed E-state index contributed by atoms with van der Waals surface area (Å²) in [4.78, 5) is 25.2. The average molecular weight is 389 g/mol. The monoisotopic (exact) mass is 388 g/mol. The SMILES string of the molecule is Cc1cccc(NC(=O)C(C)(C)C(=O)Nc2ccccc2Br)c1C. The molecule has 2 aromatic carbocycles. The number of hydrogen-bond donors (Lipinski definition) is 2. The van der Waals surface area contributed by atoms with Crippen LogP contribution in [0, 0.1) is 19.3 Å². The molecule has 0 unspecified atom stereocenters. The molecule has 0 aliphatic heterocycles. The molecule has 0 aliphatic carbocycles. The van der Waals surface area contributed by atoms with Gasteiger partial charge < -0.3 is 10.6 Å². The molecule has 5 heteroatoms. The highest BCUT2D eigenvalue weighted by Crippen LogP contribution is 2.27. The first-order chi connectivity index (χ1) is 11.2. The zero-order valence-electron chi connectivity index (χ0n) is 14.2. The van der Waals surface area contributed by atoms with Gasteiger partial charge in [0.15, 0.2) is 0 Å². The van der Waals surface area contributed by atoms with E-state index in [1.807, 2.05) is 50.2 Å². The number of carbonyl (C=O) groups excluding carboxylic acids is 2. The molecule has 0 aromatic heterocycles. The maximum absolute atomic E-state index is 12.6. The normalized spacial score (nSPS) is 11.0. The summed E-state index contributed by atoms with van der Waals surface area (Å²) < 4.78 is 0.768. The lowest BCUT2D eigenvalue weighted by Crippen LogP contribution is -2.41. The second kappa shape index (κ2) is 7.18. The van der Waals surface area contributed by atoms with E-state index in [1.165, 1.54) is 0 Å². The topological polar surface area (TPSA) is 58.2 Å². The fourth-order valence-electron chi connectivity index (χ4n) is 2.11. The van der Waals surface area contributed by atoms with Gasteiger partial charge in [-0.3, -0.25) is 9.59 Å². The van der Waals surface area contributed by atoms with E-state index in [9.17, 15) is 9.59 Å². The third-order valence-electron chi connectivity index (χ3n) is 4.11. The van der Waals surface area contributed by atoms with E-state index < -0.39 is 5.41 Å². The minimum absolute atomic E-state index is 0.347. The lowest BCUT2D eigenvalue weighted by Gasteiger charge is -2.24. The van der Waals surface area contributed by atoms with Crippen molar-refractivity contribution in [3.8, 4) is 0 Å². The molecular formula is C19H21BrN2O2. The van der Waals surface area contributed by atoms with Crippen LogP contribution in [0.1, 0.15) is 25.0 Å². The Morgan fingerprint density at radius 3 is 2.04 bits per heavy atom. The fraction of sp³-hybridized carbons (Fsp3) is 0.263. The predicted molar refractivity (Wildman–Crippen MR) is 101 cm³/mol. The molecule has 2 aromatic rings. The standard InChI is InChI=1S/C19H21BrN2O2/c1-12-8-7-11-15(13(12)2)21-17(23)19(3,4)18(24)22-16-10-6-5-9-14(16)20/h5-11H,1-4H3,(H,21,23)(H,22,24). The first kappa shape index (κ1) is 18.2. The Balaban J connectivity index is 2.16. The number of aryl methyl sites for hydroxylation is 1. The Bertz CT molecular complexity index is 785. The zero-order valence-corrected chi connectivity index (χ0v) is 15.8. The largest absolute Gasteiger partial charge is 0.325 e. The summed E-state index contributed by atoms with van der Waals surface area (Å²) in [5, 5.41) is 5.66. The molecule has 0 heterocycles. The molecule has 0 fully saturated rings. The summed E-state index contributed by atoms with van der Waals surface area (Å²) in [6, 6.07) is 13.0. The molecule has 2 rings (SSSR count). The number of halogens is 1. The van der Waals surface area contributed by atoms with Crippen molar-refractivity contribution in [1.82, 2.24) is 0 Å². The van der Waals surface area contributed by atoms with Gasteiger partial charge in [-0.15, -0.1) is 0 Å². The molecule has 4 nitrogen and oxygen atoms in total. The second-order valence-corrected chi connectivity index (χ2v) is 7.11. The summed E-state index contributed by atoms with van der Waals surface area (Å²) in [6.45, 7) is 7.15. The van der Waals surface area contributed by atoms with Gasteiger partial charge in [0, 0.05) is 10.2 Å². The van der Waals surface area contributed by atoms with E-state index in [-0.39, 0.29) is 11.8 Å². The number of nitrogens with one attached hydrogen (secondary N) is 2. The van der Waals surface area contributed by atoms with Crippen LogP contribution in [0.5, 0.6) is 0 Å². The van der Waals surface area contributed by atoms with Crippen LogP contribution >= 0.6 is 15.9 Å². The number of rotatable bonds is 4. The van der Waals surface area contributed by atoms with Crippen molar-refractivity contribution in [2.45, 2.75) is 27.7 Å². The average Bonchev–Trinajstić information content (AvgIpc) is 2.53. The molecule has 24 heavy (non-hydrogen) atoms. The van der Waals surface area contributed by atoms with E-state index in [1.54, 1.807) is 19.9 Å². The minimum Gasteiger partial charge on any atom is -0.325 e. The molecule has 0 radical (unpaired) electrons. The molecule has 2 amide bonds. The van der Waals surface area contributed by atoms with Crippen LogP contribution in [0.2, 0.25) is 0 Å². The van der Waals surface area contributed by atoms with Crippen LogP contribution < -0.4 is 10.6 Å². The van der Waals surface area contributed by atoms with E-state index in [0.29, 0.717) is 5.69 Å². The Labute approximate surface area is 150 Å². The summed E-state index contributed by atoms with van der Waals surface area (Å²) in [5.74, 6) is -0.710. The van der Waals surface area contributed by atoms with Gasteiger partial charge in [0.05, 0.1) is 5.69 Å². The predicted octanol–water partition coefficient (Wildman–Crippen LogP) is 4.67. The highest BCUT2D eigenvalue weighted by Gasteiger charge is 2.36. The van der Waals surface area contributed by atoms with Gasteiger partial charge in [-0.2, -0.15) is 0 Å². The van der Waals surface area contributed by atoms with Crippen molar-refractivity contribution in [2.24, 2.45) is 5.41 Å². The van der Waals surface area contributed by atoms with Crippen LogP contribution in [0.4, 0.5) is 11.4 Å². The van der Waals surface area contributed by atoms with Crippen molar-refractivity contribution < 1.29 is 9.59 Å². The number of anilines is 2. The maximum atomic E-state index is 12.6. The van der Waals surface area contributed by atoms with E-state index >= 15 is 0 Å². The van der Waals surface area contributed by atoms with Crippen LogP contribution in [0.3, 0.4) is 0 Å². The minimum atomic E-state index is -1.22. The summed E-state index contributed by atoms with van der Waals surface area (Å²) in [6.07, 6.45) is 0.